The van der Waals surface area contributed by atoms with Gasteiger partial charge in [-0.05, 0) is 84.2 Å². The Kier molecular flexibility index (Phi) is 5.36. The highest BCUT2D eigenvalue weighted by Gasteiger charge is 2.40. The molecule has 2 saturated carbocycles. The molecule has 1 aromatic carbocycles. The Morgan fingerprint density at radius 1 is 1.10 bits per heavy atom. The maximum absolute atomic E-state index is 12.2. The molecule has 0 radical (unpaired) electrons. The van der Waals surface area contributed by atoms with Crippen LogP contribution < -0.4 is 5.73 Å². The first kappa shape index (κ1) is 21.2. The Morgan fingerprint density at radius 2 is 1.77 bits per heavy atom. The molecule has 0 spiro atoms. The Labute approximate surface area is 182 Å². The van der Waals surface area contributed by atoms with Crippen LogP contribution in [0.15, 0.2) is 24.3 Å². The van der Waals surface area contributed by atoms with E-state index in [4.69, 9.17) is 5.73 Å². The fraction of sp³-hybridized carbons (Fsp3) is 0.593. The molecule has 162 valence electrons. The van der Waals surface area contributed by atoms with E-state index in [1.165, 1.54) is 61.6 Å². The normalized spacial score (nSPS) is 19.1. The van der Waals surface area contributed by atoms with Gasteiger partial charge in [0.2, 0.25) is 0 Å². The van der Waals surface area contributed by atoms with Crippen LogP contribution in [0.3, 0.4) is 0 Å². The highest BCUT2D eigenvalue weighted by Crippen LogP contribution is 2.49. The number of primary amides is 1. The van der Waals surface area contributed by atoms with Crippen molar-refractivity contribution < 1.29 is 4.79 Å². The van der Waals surface area contributed by atoms with Crippen molar-refractivity contribution in [3.8, 4) is 11.3 Å². The monoisotopic (exact) mass is 406 g/mol. The van der Waals surface area contributed by atoms with Gasteiger partial charge >= 0.3 is 0 Å². The third kappa shape index (κ3) is 4.08. The Hall–Kier alpha value is -2.03. The van der Waals surface area contributed by atoms with E-state index < -0.39 is 0 Å². The number of nitrogens with two attached hydrogens (primary N) is 1. The van der Waals surface area contributed by atoms with Gasteiger partial charge in [-0.15, -0.1) is 0 Å². The van der Waals surface area contributed by atoms with Crippen molar-refractivity contribution in [3.05, 3.63) is 46.6 Å². The van der Waals surface area contributed by atoms with Crippen LogP contribution >= 0.6 is 0 Å². The number of hydrogen-bond donors (Lipinski definition) is 1. The highest BCUT2D eigenvalue weighted by atomic mass is 16.1. The molecular weight excluding hydrogens is 368 g/mol. The number of benzene rings is 1. The first-order chi connectivity index (χ1) is 14.1. The van der Waals surface area contributed by atoms with Gasteiger partial charge in [-0.2, -0.15) is 0 Å². The van der Waals surface area contributed by atoms with Crippen molar-refractivity contribution in [3.63, 3.8) is 0 Å². The van der Waals surface area contributed by atoms with E-state index in [9.17, 15) is 4.79 Å². The lowest BCUT2D eigenvalue weighted by Crippen LogP contribution is -2.17. The third-order valence-corrected chi connectivity index (χ3v) is 7.59. The van der Waals surface area contributed by atoms with Crippen LogP contribution in [0.25, 0.3) is 11.3 Å². The van der Waals surface area contributed by atoms with E-state index in [0.717, 1.165) is 17.9 Å². The number of hydrogen-bond acceptors (Lipinski definition) is 1. The smallest absolute Gasteiger partial charge is 0.250 e. The molecule has 0 saturated heterocycles. The molecule has 30 heavy (non-hydrogen) atoms. The number of nitrogens with zero attached hydrogens (tertiary/aromatic N) is 1. The lowest BCUT2D eigenvalue weighted by atomic mass is 9.82. The molecule has 2 aromatic rings. The van der Waals surface area contributed by atoms with E-state index >= 15 is 0 Å². The van der Waals surface area contributed by atoms with Crippen LogP contribution in [-0.4, -0.2) is 10.5 Å². The zero-order chi connectivity index (χ0) is 21.7. The van der Waals surface area contributed by atoms with Crippen molar-refractivity contribution in [2.75, 3.05) is 0 Å². The van der Waals surface area contributed by atoms with Gasteiger partial charge in [0.05, 0.1) is 5.56 Å². The quantitative estimate of drug-likeness (QED) is 0.606. The molecule has 0 unspecified atom stereocenters. The summed E-state index contributed by atoms with van der Waals surface area (Å²) in [5.74, 6) is 0.369. The van der Waals surface area contributed by atoms with Crippen molar-refractivity contribution in [1.82, 2.24) is 4.57 Å². The fourth-order valence-electron chi connectivity index (χ4n) is 5.03. The van der Waals surface area contributed by atoms with Gasteiger partial charge in [-0.1, -0.05) is 53.0 Å². The topological polar surface area (TPSA) is 48.0 Å². The molecule has 0 atom stereocenters. The van der Waals surface area contributed by atoms with Gasteiger partial charge < -0.3 is 10.3 Å². The summed E-state index contributed by atoms with van der Waals surface area (Å²) in [6, 6.07) is 9.17. The second kappa shape index (κ2) is 7.59. The molecule has 2 N–H and O–H groups in total. The second-order valence-electron chi connectivity index (χ2n) is 11.1. The fourth-order valence-corrected chi connectivity index (χ4v) is 5.03. The zero-order valence-corrected chi connectivity index (χ0v) is 19.5. The number of carbonyl (C=O) groups excluding carboxylic acids is 1. The zero-order valence-electron chi connectivity index (χ0n) is 19.5. The number of amides is 1. The lowest BCUT2D eigenvalue weighted by Gasteiger charge is -2.26. The Bertz CT molecular complexity index is 926. The summed E-state index contributed by atoms with van der Waals surface area (Å²) in [6.07, 6.45) is 9.10. The van der Waals surface area contributed by atoms with Gasteiger partial charge in [-0.25, -0.2) is 0 Å². The van der Waals surface area contributed by atoms with Crippen molar-refractivity contribution >= 4 is 5.91 Å². The summed E-state index contributed by atoms with van der Waals surface area (Å²) in [7, 11) is 0. The molecule has 4 rings (SSSR count). The van der Waals surface area contributed by atoms with Gasteiger partial charge in [0.25, 0.3) is 5.91 Å². The maximum atomic E-state index is 12.2. The molecule has 2 aliphatic rings. The first-order valence-electron chi connectivity index (χ1n) is 11.7. The number of rotatable bonds is 5. The van der Waals surface area contributed by atoms with Gasteiger partial charge in [-0.3, -0.25) is 4.79 Å². The average molecular weight is 407 g/mol. The molecule has 0 bridgehead atoms. The molecule has 1 amide bonds. The molecular formula is C27H38N2O. The minimum absolute atomic E-state index is 0.0817. The number of aromatic nitrogens is 1. The van der Waals surface area contributed by atoms with Gasteiger partial charge in [0.1, 0.15) is 0 Å². The van der Waals surface area contributed by atoms with Crippen LogP contribution in [0.4, 0.5) is 0 Å². The summed E-state index contributed by atoms with van der Waals surface area (Å²) in [5.41, 5.74) is 13.0. The minimum atomic E-state index is -0.322. The highest BCUT2D eigenvalue weighted by molar-refractivity contribution is 5.95. The predicted octanol–water partition coefficient (Wildman–Crippen LogP) is 6.49. The molecule has 1 aromatic heterocycles. The average Bonchev–Trinajstić information content (AvgIpc) is 3.37. The van der Waals surface area contributed by atoms with Gasteiger partial charge in [0.15, 0.2) is 0 Å². The van der Waals surface area contributed by atoms with E-state index in [1.807, 2.05) is 6.07 Å². The van der Waals surface area contributed by atoms with Crippen molar-refractivity contribution in [1.29, 1.82) is 0 Å². The van der Waals surface area contributed by atoms with Crippen LogP contribution in [0.1, 0.15) is 99.8 Å². The summed E-state index contributed by atoms with van der Waals surface area (Å²) < 4.78 is 2.39. The van der Waals surface area contributed by atoms with E-state index in [2.05, 4.69) is 57.4 Å². The predicted molar refractivity (Wildman–Crippen MR) is 125 cm³/mol. The third-order valence-electron chi connectivity index (χ3n) is 7.59. The summed E-state index contributed by atoms with van der Waals surface area (Å²) in [6.45, 7) is 12.3. The molecule has 2 fully saturated rings. The van der Waals surface area contributed by atoms with E-state index in [1.54, 1.807) is 0 Å². The second-order valence-corrected chi connectivity index (χ2v) is 11.1. The lowest BCUT2D eigenvalue weighted by molar-refractivity contribution is 0.0999. The minimum Gasteiger partial charge on any atom is -0.366 e. The molecule has 2 aliphatic carbocycles. The molecule has 3 heteroatoms. The summed E-state index contributed by atoms with van der Waals surface area (Å²) in [4.78, 5) is 12.2. The van der Waals surface area contributed by atoms with Crippen molar-refractivity contribution in [2.45, 2.75) is 96.9 Å². The molecule has 0 aliphatic heterocycles. The largest absolute Gasteiger partial charge is 0.366 e. The Balaban J connectivity index is 1.84. The van der Waals surface area contributed by atoms with Crippen LogP contribution in [0, 0.1) is 12.8 Å². The van der Waals surface area contributed by atoms with Crippen LogP contribution in [0.5, 0.6) is 0 Å². The Morgan fingerprint density at radius 3 is 2.33 bits per heavy atom. The van der Waals surface area contributed by atoms with E-state index in [-0.39, 0.29) is 11.3 Å². The first-order valence-corrected chi connectivity index (χ1v) is 11.7. The van der Waals surface area contributed by atoms with Crippen LogP contribution in [0.2, 0.25) is 0 Å². The summed E-state index contributed by atoms with van der Waals surface area (Å²) >= 11 is 0. The van der Waals surface area contributed by atoms with Crippen LogP contribution in [-0.2, 0) is 17.4 Å². The molecule has 3 nitrogen and oxygen atoms in total. The van der Waals surface area contributed by atoms with Crippen molar-refractivity contribution in [2.24, 2.45) is 11.7 Å². The number of carbonyl (C=O) groups is 1. The SMILES string of the molecule is Cc1c(C(N)=O)cc(-c2cc(C(C)(C)C)cc(C3(C)CC3)c2)n1CC1CCCCC1. The van der Waals surface area contributed by atoms with Gasteiger partial charge in [0, 0.05) is 17.9 Å². The standard InChI is InChI=1S/C27H38N2O/c1-18-23(25(28)30)16-24(29(18)17-19-9-7-6-8-10-19)20-13-21(26(2,3)4)15-22(14-20)27(5)11-12-27/h13-16,19H,6-12,17H2,1-5H3,(H2,28,30). The molecule has 1 heterocycles. The van der Waals surface area contributed by atoms with E-state index in [0.29, 0.717) is 16.9 Å². The summed E-state index contributed by atoms with van der Waals surface area (Å²) in [5, 5.41) is 0. The maximum Gasteiger partial charge on any atom is 0.250 e.